The van der Waals surface area contributed by atoms with E-state index in [4.69, 9.17) is 29.3 Å². The van der Waals surface area contributed by atoms with Crippen molar-refractivity contribution in [2.24, 2.45) is 5.92 Å². The molecule has 5 fully saturated rings. The van der Waals surface area contributed by atoms with Gasteiger partial charge in [-0.25, -0.2) is 0 Å². The lowest BCUT2D eigenvalue weighted by atomic mass is 9.89. The van der Waals surface area contributed by atoms with Gasteiger partial charge < -0.3 is 49.8 Å². The van der Waals surface area contributed by atoms with Crippen LogP contribution in [-0.4, -0.2) is 141 Å². The molecule has 1 unspecified atom stereocenters. The van der Waals surface area contributed by atoms with Gasteiger partial charge in [0, 0.05) is 97.0 Å². The van der Waals surface area contributed by atoms with Gasteiger partial charge in [-0.15, -0.1) is 0 Å². The summed E-state index contributed by atoms with van der Waals surface area (Å²) in [7, 11) is 0. The van der Waals surface area contributed by atoms with Crippen LogP contribution in [0.1, 0.15) is 99.6 Å². The number of amides is 2. The summed E-state index contributed by atoms with van der Waals surface area (Å²) >= 11 is 0. The van der Waals surface area contributed by atoms with Crippen LogP contribution in [0, 0.1) is 12.8 Å². The number of β-amino-alcohol motifs (C(OH)–C–C–N with tert-alkyl or cyclic N) is 1. The molecule has 9 aromatic rings. The van der Waals surface area contributed by atoms with Crippen LogP contribution >= 0.6 is 0 Å². The summed E-state index contributed by atoms with van der Waals surface area (Å²) < 4.78 is 23.1. The molecule has 21 nitrogen and oxygen atoms in total. The number of hydrogen-bond acceptors (Lipinski definition) is 15. The minimum atomic E-state index is -1.01. The van der Waals surface area contributed by atoms with E-state index in [1.807, 2.05) is 80.2 Å². The third-order valence-electron chi connectivity index (χ3n) is 17.9. The van der Waals surface area contributed by atoms with Crippen molar-refractivity contribution in [2.75, 3.05) is 44.4 Å². The lowest BCUT2D eigenvalue weighted by Gasteiger charge is -2.31. The molecule has 2 bridgehead atoms. The molecule has 4 aromatic carbocycles. The summed E-state index contributed by atoms with van der Waals surface area (Å²) in [4.78, 5) is 60.7. The average molecular weight is 1140 g/mol. The van der Waals surface area contributed by atoms with Crippen molar-refractivity contribution in [1.82, 2.24) is 60.2 Å². The first-order valence-corrected chi connectivity index (χ1v) is 29.6. The number of carbonyl (C=O) groups excluding carboxylic acids is 2. The van der Waals surface area contributed by atoms with E-state index < -0.39 is 36.0 Å². The molecule has 2 amide bonds. The van der Waals surface area contributed by atoms with Crippen LogP contribution in [0.3, 0.4) is 0 Å². The smallest absolute Gasteiger partial charge is 0.319 e. The van der Waals surface area contributed by atoms with Crippen molar-refractivity contribution in [3.63, 3.8) is 0 Å². The lowest BCUT2D eigenvalue weighted by Crippen LogP contribution is -2.50. The molecule has 21 heteroatoms. The number of benzene rings is 4. The predicted molar refractivity (Wildman–Crippen MR) is 317 cm³/mol. The number of aromatic nitrogens is 9. The molecule has 84 heavy (non-hydrogen) atoms. The Morgan fingerprint density at radius 2 is 1.75 bits per heavy atom. The Labute approximate surface area is 483 Å². The summed E-state index contributed by atoms with van der Waals surface area (Å²) in [5.74, 6) is 0.550. The molecule has 4 aliphatic heterocycles. The number of H-pyrrole nitrogens is 2. The molecular weight excluding hydrogens is 1070 g/mol. The number of rotatable bonds is 17. The van der Waals surface area contributed by atoms with Crippen LogP contribution in [0.4, 0.5) is 5.82 Å². The minimum Gasteiger partial charge on any atom is -0.486 e. The Hall–Kier alpha value is -8.24. The van der Waals surface area contributed by atoms with Crippen molar-refractivity contribution < 1.29 is 34.0 Å². The quantitative estimate of drug-likeness (QED) is 0.0530. The number of aliphatic hydroxyl groups is 2. The topological polar surface area (TPSA) is 256 Å². The van der Waals surface area contributed by atoms with E-state index in [1.54, 1.807) is 17.1 Å². The van der Waals surface area contributed by atoms with E-state index in [9.17, 15) is 24.6 Å². The number of hydrogen-bond donors (Lipinski definition) is 6. The van der Waals surface area contributed by atoms with Crippen molar-refractivity contribution in [3.05, 3.63) is 118 Å². The normalized spacial score (nSPS) is 20.8. The maximum atomic E-state index is 14.9. The van der Waals surface area contributed by atoms with Crippen molar-refractivity contribution in [3.8, 4) is 34.1 Å². The zero-order valence-corrected chi connectivity index (χ0v) is 47.5. The number of piperazine rings is 1. The summed E-state index contributed by atoms with van der Waals surface area (Å²) in [5, 5.41) is 48.6. The van der Waals surface area contributed by atoms with E-state index in [-0.39, 0.29) is 49.8 Å². The molecule has 0 spiro atoms. The predicted octanol–water partition coefficient (Wildman–Crippen LogP) is 7.13. The van der Waals surface area contributed by atoms with Crippen molar-refractivity contribution in [2.45, 2.75) is 128 Å². The number of anilines is 1. The molecule has 1 saturated carbocycles. The maximum absolute atomic E-state index is 14.9. The number of ether oxygens (including phenoxy) is 3. The number of aromatic amines is 2. The number of fused-ring (bicyclic) bond motifs is 7. The van der Waals surface area contributed by atoms with Gasteiger partial charge >= 0.3 is 6.01 Å². The van der Waals surface area contributed by atoms with Gasteiger partial charge in [0.2, 0.25) is 11.8 Å². The second-order valence-corrected chi connectivity index (χ2v) is 23.8. The molecular formula is C63H69N13O8. The van der Waals surface area contributed by atoms with E-state index in [0.717, 1.165) is 101 Å². The van der Waals surface area contributed by atoms with Gasteiger partial charge in [0.15, 0.2) is 11.4 Å². The molecule has 1 aliphatic carbocycles. The molecule has 6 N–H and O–H groups in total. The average Bonchev–Trinajstić information content (AvgIpc) is 2.02. The number of likely N-dealkylation sites (tertiary alicyclic amines) is 1. The van der Waals surface area contributed by atoms with Crippen LogP contribution in [-0.2, 0) is 27.5 Å². The summed E-state index contributed by atoms with van der Waals surface area (Å²) in [6.07, 6.45) is 8.96. The Kier molecular flexibility index (Phi) is 13.9. The van der Waals surface area contributed by atoms with Gasteiger partial charge in [0.1, 0.15) is 36.1 Å². The van der Waals surface area contributed by atoms with E-state index in [1.165, 1.54) is 10.5 Å². The molecule has 6 atom stereocenters. The molecule has 5 aromatic heterocycles. The number of nitrogens with one attached hydrogen (secondary N) is 4. The Bertz CT molecular complexity index is 4070. The Balaban J connectivity index is 0.787. The van der Waals surface area contributed by atoms with Crippen LogP contribution in [0.15, 0.2) is 90.1 Å². The molecule has 14 rings (SSSR count). The van der Waals surface area contributed by atoms with Gasteiger partial charge in [0.05, 0.1) is 49.4 Å². The lowest BCUT2D eigenvalue weighted by molar-refractivity contribution is -0.142. The Morgan fingerprint density at radius 3 is 2.50 bits per heavy atom. The summed E-state index contributed by atoms with van der Waals surface area (Å²) in [6.45, 7) is 11.2. The van der Waals surface area contributed by atoms with Crippen LogP contribution in [0.2, 0.25) is 0 Å². The fraction of sp³-hybridized carbons (Fsp3) is 0.429. The third-order valence-corrected chi connectivity index (χ3v) is 17.9. The fourth-order valence-corrected chi connectivity index (χ4v) is 13.5. The largest absolute Gasteiger partial charge is 0.486 e. The zero-order chi connectivity index (χ0) is 57.5. The first kappa shape index (κ1) is 53.7. The fourth-order valence-electron chi connectivity index (χ4n) is 13.5. The minimum absolute atomic E-state index is 0.0212. The first-order chi connectivity index (χ1) is 40.9. The van der Waals surface area contributed by atoms with Gasteiger partial charge in [-0.05, 0) is 108 Å². The molecule has 5 aliphatic rings. The molecule has 0 radical (unpaired) electrons. The monoisotopic (exact) mass is 1140 g/mol. The summed E-state index contributed by atoms with van der Waals surface area (Å²) in [5.41, 5.74) is 9.07. The molecule has 9 heterocycles. The number of pyridine rings is 1. The second-order valence-electron chi connectivity index (χ2n) is 23.8. The highest BCUT2D eigenvalue weighted by molar-refractivity contribution is 6.07. The van der Waals surface area contributed by atoms with Gasteiger partial charge in [-0.2, -0.15) is 25.3 Å². The van der Waals surface area contributed by atoms with Gasteiger partial charge in [-0.3, -0.25) is 28.8 Å². The highest BCUT2D eigenvalue weighted by Crippen LogP contribution is 2.53. The zero-order valence-electron chi connectivity index (χ0n) is 47.5. The molecule has 4 saturated heterocycles. The number of nitrogens with zero attached hydrogens (tertiary/aromatic N) is 9. The number of aryl methyl sites for hydroxylation is 2. The maximum Gasteiger partial charge on any atom is 0.319 e. The van der Waals surface area contributed by atoms with Crippen molar-refractivity contribution in [1.29, 1.82) is 0 Å². The standard InChI is InChI=1S/C63H69N13O8/c1-5-75-51(16-19-66-75)38-12-10-37(11-13-38)50(31-77)67-61(80)52-24-41(78)29-74(52)62(81)56(33(2)3)76-30-48-43-14-7-35(22-45(43)60(79)69-58(48)72-76)32-83-57-54(53-34(4)6-15-49-47(53)27-65-71-49)44(36-8-9-36)25-46-55(57)68-63(84-42-17-20-82-21-18-42)70-59(46)73-28-39-23-40(73)26-64-39/h6-7,10-16,19,22,25,27,30,33,36,39-42,50,52,56,64,77-78H,5,8-9,17-18,20-21,23-24,26,28-29,31-32H2,1-4H3,(H,65,71)(H,67,80)(H,69,72,79)/t39-,40-,41+,50-,52-,56?/m0/s1. The third kappa shape index (κ3) is 9.69. The van der Waals surface area contributed by atoms with Crippen LogP contribution in [0.5, 0.6) is 11.8 Å². The van der Waals surface area contributed by atoms with Crippen molar-refractivity contribution >= 4 is 61.2 Å². The summed E-state index contributed by atoms with van der Waals surface area (Å²) in [6, 6.07) is 20.0. The Morgan fingerprint density at radius 1 is 0.917 bits per heavy atom. The SMILES string of the molecule is CCn1nccc1-c1ccc([C@H](CO)NC(=O)[C@@H]2C[C@@H](O)CN2C(=O)C(C(C)C)n2cc3c(n2)[nH]c(=O)c2cc(COc4c(-c5c(C)ccc6[nH]ncc56)c(C5CC5)cc5c(N6C[C@@H]7C[C@H]6CN7)nc(OC6CCOCC6)nc45)ccc23)cc1. The van der Waals surface area contributed by atoms with Crippen LogP contribution < -0.4 is 30.6 Å². The highest BCUT2D eigenvalue weighted by atomic mass is 16.5. The van der Waals surface area contributed by atoms with E-state index in [0.29, 0.717) is 76.4 Å². The molecule has 434 valence electrons. The number of carbonyl (C=O) groups is 2. The highest BCUT2D eigenvalue weighted by Gasteiger charge is 2.44. The second kappa shape index (κ2) is 21.7. The van der Waals surface area contributed by atoms with E-state index >= 15 is 0 Å². The van der Waals surface area contributed by atoms with Gasteiger partial charge in [-0.1, -0.05) is 56.3 Å². The first-order valence-electron chi connectivity index (χ1n) is 29.6. The van der Waals surface area contributed by atoms with Gasteiger partial charge in [0.25, 0.3) is 5.56 Å². The van der Waals surface area contributed by atoms with Crippen LogP contribution in [0.25, 0.3) is 66.0 Å². The number of aliphatic hydroxyl groups excluding tert-OH is 2. The van der Waals surface area contributed by atoms with E-state index in [2.05, 4.69) is 60.9 Å².